The van der Waals surface area contributed by atoms with Crippen molar-refractivity contribution in [2.45, 2.75) is 31.7 Å². The lowest BCUT2D eigenvalue weighted by atomic mass is 10.1. The summed E-state index contributed by atoms with van der Waals surface area (Å²) >= 11 is 0. The number of benzene rings is 2. The van der Waals surface area contributed by atoms with E-state index in [-0.39, 0.29) is 24.8 Å². The van der Waals surface area contributed by atoms with Gasteiger partial charge in [0.2, 0.25) is 11.8 Å². The van der Waals surface area contributed by atoms with E-state index in [1.165, 1.54) is 25.3 Å². The molecule has 1 heterocycles. The number of hydrogen-bond acceptors (Lipinski definition) is 4. The van der Waals surface area contributed by atoms with Gasteiger partial charge in [-0.05, 0) is 36.2 Å². The molecule has 0 bridgehead atoms. The lowest BCUT2D eigenvalue weighted by Crippen LogP contribution is -2.37. The van der Waals surface area contributed by atoms with Gasteiger partial charge in [0, 0.05) is 12.5 Å². The van der Waals surface area contributed by atoms with Crippen molar-refractivity contribution in [3.05, 3.63) is 53.6 Å². The van der Waals surface area contributed by atoms with Crippen molar-refractivity contribution in [1.29, 1.82) is 0 Å². The van der Waals surface area contributed by atoms with Gasteiger partial charge in [-0.15, -0.1) is 0 Å². The first-order valence-electron chi connectivity index (χ1n) is 8.83. The summed E-state index contributed by atoms with van der Waals surface area (Å²) in [7, 11) is 1.44. The first-order valence-corrected chi connectivity index (χ1v) is 8.83. The zero-order valence-corrected chi connectivity index (χ0v) is 15.5. The van der Waals surface area contributed by atoms with E-state index in [0.29, 0.717) is 29.2 Å². The first-order chi connectivity index (χ1) is 13.8. The fourth-order valence-corrected chi connectivity index (χ4v) is 2.91. The summed E-state index contributed by atoms with van der Waals surface area (Å²) in [6.45, 7) is -0.0810. The van der Waals surface area contributed by atoms with Crippen molar-refractivity contribution in [3.8, 4) is 11.5 Å². The van der Waals surface area contributed by atoms with Crippen LogP contribution in [0.2, 0.25) is 0 Å². The van der Waals surface area contributed by atoms with Gasteiger partial charge in [0.05, 0.1) is 18.4 Å². The Labute approximate surface area is 165 Å². The van der Waals surface area contributed by atoms with Gasteiger partial charge in [-0.2, -0.15) is 13.2 Å². The van der Waals surface area contributed by atoms with Crippen LogP contribution in [0.25, 0.3) is 0 Å². The maximum Gasteiger partial charge on any atom is 0.416 e. The van der Waals surface area contributed by atoms with Gasteiger partial charge in [-0.25, -0.2) is 0 Å². The smallest absolute Gasteiger partial charge is 0.416 e. The van der Waals surface area contributed by atoms with E-state index in [4.69, 9.17) is 9.47 Å². The van der Waals surface area contributed by atoms with E-state index >= 15 is 0 Å². The fourth-order valence-electron chi connectivity index (χ4n) is 2.91. The number of hydrogen-bond donors (Lipinski definition) is 2. The van der Waals surface area contributed by atoms with Gasteiger partial charge in [-0.1, -0.05) is 12.1 Å². The number of amides is 2. The molecule has 29 heavy (non-hydrogen) atoms. The second-order valence-electron chi connectivity index (χ2n) is 6.50. The number of carbonyl (C=O) groups is 2. The zero-order valence-electron chi connectivity index (χ0n) is 15.5. The summed E-state index contributed by atoms with van der Waals surface area (Å²) in [5.74, 6) is 0.155. The quantitative estimate of drug-likeness (QED) is 0.767. The summed E-state index contributed by atoms with van der Waals surface area (Å²) in [5.41, 5.74) is -0.0602. The highest BCUT2D eigenvalue weighted by atomic mass is 19.4. The van der Waals surface area contributed by atoms with E-state index in [0.717, 1.165) is 12.1 Å². The summed E-state index contributed by atoms with van der Waals surface area (Å²) in [6, 6.07) is 8.91. The Morgan fingerprint density at radius 2 is 2.03 bits per heavy atom. The second-order valence-corrected chi connectivity index (χ2v) is 6.50. The van der Waals surface area contributed by atoms with E-state index in [1.54, 1.807) is 12.1 Å². The molecule has 6 nitrogen and oxygen atoms in total. The molecule has 1 saturated heterocycles. The van der Waals surface area contributed by atoms with Crippen molar-refractivity contribution in [2.24, 2.45) is 0 Å². The molecule has 0 radical (unpaired) electrons. The Bertz CT molecular complexity index is 915. The SMILES string of the molecule is COc1ccc(OCc2cccc(C(F)(F)F)c2)cc1NC(=O)C1CCC(=O)N1. The Kier molecular flexibility index (Phi) is 5.95. The number of carbonyl (C=O) groups excluding carboxylic acids is 2. The van der Waals surface area contributed by atoms with Crippen LogP contribution in [0.15, 0.2) is 42.5 Å². The molecule has 2 aromatic rings. The number of methoxy groups -OCH3 is 1. The van der Waals surface area contributed by atoms with Crippen LogP contribution in [0.1, 0.15) is 24.0 Å². The third-order valence-corrected chi connectivity index (χ3v) is 4.40. The molecule has 154 valence electrons. The van der Waals surface area contributed by atoms with Crippen LogP contribution in [0.3, 0.4) is 0 Å². The maximum absolute atomic E-state index is 12.8. The van der Waals surface area contributed by atoms with Gasteiger partial charge >= 0.3 is 6.18 Å². The summed E-state index contributed by atoms with van der Waals surface area (Å²) in [5, 5.41) is 5.26. The molecule has 9 heteroatoms. The van der Waals surface area contributed by atoms with Crippen molar-refractivity contribution in [1.82, 2.24) is 5.32 Å². The molecule has 0 spiro atoms. The minimum Gasteiger partial charge on any atom is -0.495 e. The standard InChI is InChI=1S/C20H19F3N2O4/c1-28-17-7-5-14(10-16(17)25-19(27)15-6-8-18(26)24-15)29-11-12-3-2-4-13(9-12)20(21,22)23/h2-5,7,9-10,15H,6,8,11H2,1H3,(H,24,26)(H,25,27). The average molecular weight is 408 g/mol. The molecular formula is C20H19F3N2O4. The van der Waals surface area contributed by atoms with Crippen LogP contribution < -0.4 is 20.1 Å². The number of alkyl halides is 3. The highest BCUT2D eigenvalue weighted by Crippen LogP contribution is 2.31. The molecule has 2 N–H and O–H groups in total. The van der Waals surface area contributed by atoms with E-state index in [2.05, 4.69) is 10.6 Å². The average Bonchev–Trinajstić information content (AvgIpc) is 3.13. The monoisotopic (exact) mass is 408 g/mol. The maximum atomic E-state index is 12.8. The highest BCUT2D eigenvalue weighted by molar-refractivity contribution is 6.00. The normalized spacial score (nSPS) is 16.3. The van der Waals surface area contributed by atoms with Gasteiger partial charge in [-0.3, -0.25) is 9.59 Å². The number of nitrogens with one attached hydrogen (secondary N) is 2. The molecule has 1 fully saturated rings. The zero-order chi connectivity index (χ0) is 21.0. The number of halogens is 3. The van der Waals surface area contributed by atoms with Crippen LogP contribution in [0, 0.1) is 0 Å². The van der Waals surface area contributed by atoms with Crippen LogP contribution >= 0.6 is 0 Å². The van der Waals surface area contributed by atoms with Crippen molar-refractivity contribution >= 4 is 17.5 Å². The molecule has 2 aromatic carbocycles. The molecule has 1 atom stereocenters. The Morgan fingerprint density at radius 1 is 1.24 bits per heavy atom. The third-order valence-electron chi connectivity index (χ3n) is 4.40. The minimum absolute atomic E-state index is 0.0810. The summed E-state index contributed by atoms with van der Waals surface area (Å²) < 4.78 is 49.3. The van der Waals surface area contributed by atoms with Crippen molar-refractivity contribution in [2.75, 3.05) is 12.4 Å². The van der Waals surface area contributed by atoms with Crippen LogP contribution in [0.4, 0.5) is 18.9 Å². The Morgan fingerprint density at radius 3 is 2.69 bits per heavy atom. The number of ether oxygens (including phenoxy) is 2. The van der Waals surface area contributed by atoms with Gasteiger partial charge < -0.3 is 20.1 Å². The number of rotatable bonds is 6. The molecule has 2 amide bonds. The van der Waals surface area contributed by atoms with Crippen LogP contribution in [0.5, 0.6) is 11.5 Å². The predicted molar refractivity (Wildman–Crippen MR) is 98.6 cm³/mol. The molecule has 0 aromatic heterocycles. The van der Waals surface area contributed by atoms with Crippen LogP contribution in [-0.2, 0) is 22.4 Å². The minimum atomic E-state index is -4.43. The van der Waals surface area contributed by atoms with E-state index < -0.39 is 17.8 Å². The molecule has 1 aliphatic rings. The number of anilines is 1. The highest BCUT2D eigenvalue weighted by Gasteiger charge is 2.30. The van der Waals surface area contributed by atoms with E-state index in [1.807, 2.05) is 0 Å². The summed E-state index contributed by atoms with van der Waals surface area (Å²) in [6.07, 6.45) is -3.74. The lowest BCUT2D eigenvalue weighted by Gasteiger charge is -2.15. The second kappa shape index (κ2) is 8.42. The first kappa shape index (κ1) is 20.5. The molecule has 0 saturated carbocycles. The molecule has 1 unspecified atom stereocenters. The molecule has 0 aliphatic carbocycles. The van der Waals surface area contributed by atoms with Gasteiger partial charge in [0.1, 0.15) is 24.1 Å². The van der Waals surface area contributed by atoms with Crippen molar-refractivity contribution in [3.63, 3.8) is 0 Å². The fraction of sp³-hybridized carbons (Fsp3) is 0.300. The predicted octanol–water partition coefficient (Wildman–Crippen LogP) is 3.51. The van der Waals surface area contributed by atoms with Crippen molar-refractivity contribution < 1.29 is 32.2 Å². The lowest BCUT2D eigenvalue weighted by molar-refractivity contribution is -0.137. The van der Waals surface area contributed by atoms with Gasteiger partial charge in [0.15, 0.2) is 0 Å². The molecule has 1 aliphatic heterocycles. The topological polar surface area (TPSA) is 76.7 Å². The molecule has 3 rings (SSSR count). The van der Waals surface area contributed by atoms with E-state index in [9.17, 15) is 22.8 Å². The summed E-state index contributed by atoms with van der Waals surface area (Å²) in [4.78, 5) is 23.6. The Balaban J connectivity index is 1.70. The van der Waals surface area contributed by atoms with Gasteiger partial charge in [0.25, 0.3) is 0 Å². The largest absolute Gasteiger partial charge is 0.495 e. The van der Waals surface area contributed by atoms with Crippen LogP contribution in [-0.4, -0.2) is 25.0 Å². The Hall–Kier alpha value is -3.23. The molecular weight excluding hydrogens is 389 g/mol. The third kappa shape index (κ3) is 5.18.